The Morgan fingerprint density at radius 2 is 2.41 bits per heavy atom. The predicted molar refractivity (Wildman–Crippen MR) is 102 cm³/mol. The number of aryl methyl sites for hydroxylation is 1. The first-order chi connectivity index (χ1) is 13.2. The number of fused-ring (bicyclic) bond motifs is 1. The van der Waals surface area contributed by atoms with Crippen LogP contribution < -0.4 is 5.32 Å². The third kappa shape index (κ3) is 3.36. The van der Waals surface area contributed by atoms with E-state index in [1.165, 1.54) is 0 Å². The summed E-state index contributed by atoms with van der Waals surface area (Å²) in [4.78, 5) is 21.5. The van der Waals surface area contributed by atoms with E-state index < -0.39 is 0 Å². The Labute approximate surface area is 156 Å². The Morgan fingerprint density at radius 3 is 3.19 bits per heavy atom. The summed E-state index contributed by atoms with van der Waals surface area (Å²) < 4.78 is 0. The van der Waals surface area contributed by atoms with Gasteiger partial charge in [-0.2, -0.15) is 10.4 Å². The number of nitrogens with one attached hydrogen (secondary N) is 3. The third-order valence-electron chi connectivity index (χ3n) is 4.94. The number of H-pyrrole nitrogens is 2. The Morgan fingerprint density at radius 1 is 1.52 bits per heavy atom. The first-order valence-electron chi connectivity index (χ1n) is 9.05. The molecule has 138 valence electrons. The number of carbonyl (C=O) groups excluding carboxylic acids is 1. The molecule has 1 aliphatic rings. The largest absolute Gasteiger partial charge is 0.379 e. The van der Waals surface area contributed by atoms with Gasteiger partial charge in [-0.05, 0) is 31.9 Å². The van der Waals surface area contributed by atoms with Crippen LogP contribution in [0.4, 0.5) is 5.69 Å². The van der Waals surface area contributed by atoms with Crippen molar-refractivity contribution < 1.29 is 4.79 Å². The molecule has 1 amide bonds. The first-order valence-corrected chi connectivity index (χ1v) is 9.05. The third-order valence-corrected chi connectivity index (χ3v) is 4.94. The number of aromatic nitrogens is 4. The number of hydrogen-bond acceptors (Lipinski definition) is 5. The van der Waals surface area contributed by atoms with Crippen molar-refractivity contribution >= 4 is 22.6 Å². The molecule has 0 spiro atoms. The summed E-state index contributed by atoms with van der Waals surface area (Å²) in [6, 6.07) is 6.05. The van der Waals surface area contributed by atoms with Crippen molar-refractivity contribution in [2.24, 2.45) is 0 Å². The van der Waals surface area contributed by atoms with Crippen LogP contribution >= 0.6 is 0 Å². The van der Waals surface area contributed by atoms with Gasteiger partial charge in [-0.15, -0.1) is 0 Å². The van der Waals surface area contributed by atoms with Crippen molar-refractivity contribution in [2.45, 2.75) is 32.2 Å². The molecule has 1 aliphatic heterocycles. The van der Waals surface area contributed by atoms with Crippen LogP contribution in [0.3, 0.4) is 0 Å². The highest BCUT2D eigenvalue weighted by Crippen LogP contribution is 2.34. The number of amides is 1. The van der Waals surface area contributed by atoms with Gasteiger partial charge in [0.25, 0.3) is 0 Å². The molecule has 0 saturated carbocycles. The minimum Gasteiger partial charge on any atom is -0.379 e. The maximum atomic E-state index is 12.1. The summed E-state index contributed by atoms with van der Waals surface area (Å²) in [6.07, 6.45) is 5.51. The average molecular weight is 363 g/mol. The van der Waals surface area contributed by atoms with E-state index in [0.717, 1.165) is 46.5 Å². The molecule has 0 radical (unpaired) electrons. The molecule has 27 heavy (non-hydrogen) atoms. The van der Waals surface area contributed by atoms with Crippen LogP contribution in [-0.4, -0.2) is 50.1 Å². The molecular weight excluding hydrogens is 342 g/mol. The summed E-state index contributed by atoms with van der Waals surface area (Å²) in [6.45, 7) is 3.24. The number of likely N-dealkylation sites (tertiary alicyclic amines) is 1. The minimum atomic E-state index is -0.102. The van der Waals surface area contributed by atoms with Gasteiger partial charge in [0.2, 0.25) is 5.91 Å². The second-order valence-electron chi connectivity index (χ2n) is 6.87. The lowest BCUT2D eigenvalue weighted by Crippen LogP contribution is -2.45. The first kappa shape index (κ1) is 17.1. The zero-order valence-corrected chi connectivity index (χ0v) is 15.1. The number of nitriles is 1. The van der Waals surface area contributed by atoms with Crippen LogP contribution in [-0.2, 0) is 4.79 Å². The second-order valence-corrected chi connectivity index (χ2v) is 6.87. The van der Waals surface area contributed by atoms with E-state index in [1.54, 1.807) is 4.90 Å². The van der Waals surface area contributed by atoms with Gasteiger partial charge >= 0.3 is 0 Å². The highest BCUT2D eigenvalue weighted by Gasteiger charge is 2.25. The van der Waals surface area contributed by atoms with Gasteiger partial charge < -0.3 is 15.2 Å². The molecule has 1 fully saturated rings. The van der Waals surface area contributed by atoms with E-state index in [9.17, 15) is 4.79 Å². The number of aromatic amines is 2. The van der Waals surface area contributed by atoms with Gasteiger partial charge in [0.15, 0.2) is 0 Å². The summed E-state index contributed by atoms with van der Waals surface area (Å²) in [5, 5.41) is 20.7. The van der Waals surface area contributed by atoms with Crippen LogP contribution in [0.1, 0.15) is 25.0 Å². The molecule has 3 N–H and O–H groups in total. The highest BCUT2D eigenvalue weighted by atomic mass is 16.2. The summed E-state index contributed by atoms with van der Waals surface area (Å²) in [5.74, 6) is -0.102. The van der Waals surface area contributed by atoms with E-state index in [-0.39, 0.29) is 18.4 Å². The topological polar surface area (TPSA) is 113 Å². The molecule has 1 atom stereocenters. The van der Waals surface area contributed by atoms with Crippen LogP contribution in [0.5, 0.6) is 0 Å². The zero-order valence-electron chi connectivity index (χ0n) is 15.1. The molecular formula is C19H21N7O. The standard InChI is InChI=1S/C19H21N7O/c1-12-9-16(25-24-12)15-10-22-19-14(5-7-21-19)18(15)23-13-3-2-8-26(11-13)17(27)4-6-20/h5,7,9-10,13H,2-4,8,11H2,1H3,(H,24,25)(H2,21,22,23). The van der Waals surface area contributed by atoms with Crippen LogP contribution in [0.15, 0.2) is 24.5 Å². The van der Waals surface area contributed by atoms with E-state index >= 15 is 0 Å². The van der Waals surface area contributed by atoms with Crippen molar-refractivity contribution in [3.63, 3.8) is 0 Å². The molecule has 3 aromatic rings. The second kappa shape index (κ2) is 7.11. The van der Waals surface area contributed by atoms with Crippen molar-refractivity contribution in [3.05, 3.63) is 30.2 Å². The maximum absolute atomic E-state index is 12.1. The zero-order chi connectivity index (χ0) is 18.8. The Kier molecular flexibility index (Phi) is 4.50. The number of nitrogens with zero attached hydrogens (tertiary/aromatic N) is 4. The average Bonchev–Trinajstić information content (AvgIpc) is 3.31. The lowest BCUT2D eigenvalue weighted by atomic mass is 10.0. The fourth-order valence-electron chi connectivity index (χ4n) is 3.63. The van der Waals surface area contributed by atoms with Gasteiger partial charge in [0, 0.05) is 42.5 Å². The van der Waals surface area contributed by atoms with Crippen LogP contribution in [0, 0.1) is 18.3 Å². The monoisotopic (exact) mass is 363 g/mol. The lowest BCUT2D eigenvalue weighted by Gasteiger charge is -2.33. The van der Waals surface area contributed by atoms with Crippen molar-refractivity contribution in [2.75, 3.05) is 18.4 Å². The van der Waals surface area contributed by atoms with E-state index in [2.05, 4.69) is 25.5 Å². The number of rotatable bonds is 4. The Hall–Kier alpha value is -3.34. The molecule has 1 unspecified atom stereocenters. The molecule has 0 bridgehead atoms. The summed E-state index contributed by atoms with van der Waals surface area (Å²) >= 11 is 0. The summed E-state index contributed by atoms with van der Waals surface area (Å²) in [7, 11) is 0. The van der Waals surface area contributed by atoms with Crippen molar-refractivity contribution in [3.8, 4) is 17.3 Å². The van der Waals surface area contributed by atoms with Crippen molar-refractivity contribution in [1.29, 1.82) is 5.26 Å². The fourth-order valence-corrected chi connectivity index (χ4v) is 3.63. The lowest BCUT2D eigenvalue weighted by molar-refractivity contribution is -0.131. The number of carbonyl (C=O) groups is 1. The number of pyridine rings is 1. The molecule has 4 heterocycles. The van der Waals surface area contributed by atoms with E-state index in [1.807, 2.05) is 37.5 Å². The van der Waals surface area contributed by atoms with Crippen LogP contribution in [0.25, 0.3) is 22.3 Å². The van der Waals surface area contributed by atoms with Crippen LogP contribution in [0.2, 0.25) is 0 Å². The van der Waals surface area contributed by atoms with Gasteiger partial charge in [-0.25, -0.2) is 4.98 Å². The molecule has 1 saturated heterocycles. The highest BCUT2D eigenvalue weighted by molar-refractivity contribution is 5.97. The molecule has 8 nitrogen and oxygen atoms in total. The predicted octanol–water partition coefficient (Wildman–Crippen LogP) is 2.58. The van der Waals surface area contributed by atoms with Gasteiger partial charge in [-0.3, -0.25) is 9.89 Å². The number of piperidine rings is 1. The van der Waals surface area contributed by atoms with Gasteiger partial charge in [0.05, 0.1) is 23.1 Å². The normalized spacial score (nSPS) is 17.0. The quantitative estimate of drug-likeness (QED) is 0.659. The molecule has 3 aromatic heterocycles. The molecule has 8 heteroatoms. The minimum absolute atomic E-state index is 0.0668. The number of hydrogen-bond donors (Lipinski definition) is 3. The Bertz CT molecular complexity index is 1010. The smallest absolute Gasteiger partial charge is 0.236 e. The summed E-state index contributed by atoms with van der Waals surface area (Å²) in [5.41, 5.74) is 4.55. The SMILES string of the molecule is Cc1cc(-c2cnc3[nH]ccc3c2NC2CCCN(C(=O)CC#N)C2)[nH]n1. The van der Waals surface area contributed by atoms with E-state index in [4.69, 9.17) is 5.26 Å². The fraction of sp³-hybridized carbons (Fsp3) is 0.368. The van der Waals surface area contributed by atoms with Gasteiger partial charge in [-0.1, -0.05) is 0 Å². The molecule has 0 aliphatic carbocycles. The maximum Gasteiger partial charge on any atom is 0.236 e. The number of anilines is 1. The van der Waals surface area contributed by atoms with Crippen molar-refractivity contribution in [1.82, 2.24) is 25.1 Å². The molecule has 4 rings (SSSR count). The Balaban J connectivity index is 1.65. The van der Waals surface area contributed by atoms with Gasteiger partial charge in [0.1, 0.15) is 12.1 Å². The molecule has 0 aromatic carbocycles. The van der Waals surface area contributed by atoms with E-state index in [0.29, 0.717) is 13.1 Å².